The van der Waals surface area contributed by atoms with Crippen LogP contribution >= 0.6 is 0 Å². The molecule has 2 fully saturated rings. The zero-order chi connectivity index (χ0) is 43.6. The summed E-state index contributed by atoms with van der Waals surface area (Å²) < 4.78 is 12.1. The average Bonchev–Trinajstić information content (AvgIpc) is 3.17. The average molecular weight is 822 g/mol. The fourth-order valence-electron chi connectivity index (χ4n) is 8.63. The van der Waals surface area contributed by atoms with Crippen molar-refractivity contribution in [1.29, 1.82) is 0 Å². The molecule has 3 aliphatic rings. The van der Waals surface area contributed by atoms with Gasteiger partial charge in [0.05, 0.1) is 42.7 Å². The number of nitrogens with zero attached hydrogens (tertiary/aromatic N) is 1. The van der Waals surface area contributed by atoms with Crippen LogP contribution in [0.5, 0.6) is 0 Å². The monoisotopic (exact) mass is 822 g/mol. The number of aliphatic hydroxyl groups is 7. The molecule has 1 amide bonds. The van der Waals surface area contributed by atoms with Crippen molar-refractivity contribution in [3.8, 4) is 0 Å². The van der Waals surface area contributed by atoms with Crippen LogP contribution in [0.3, 0.4) is 0 Å². The highest BCUT2D eigenvalue weighted by molar-refractivity contribution is 6.39. The molecule has 15 atom stereocenters. The molecule has 0 aromatic heterocycles. The normalized spacial score (nSPS) is 40.9. The molecule has 13 nitrogen and oxygen atoms in total. The second-order valence-electron chi connectivity index (χ2n) is 18.0. The maximum Gasteiger partial charge on any atom is 0.329 e. The summed E-state index contributed by atoms with van der Waals surface area (Å²) in [6.45, 7) is 16.3. The van der Waals surface area contributed by atoms with Gasteiger partial charge in [0.25, 0.3) is 11.7 Å². The van der Waals surface area contributed by atoms with Crippen molar-refractivity contribution in [2.24, 2.45) is 29.6 Å². The number of piperidine rings is 1. The summed E-state index contributed by atoms with van der Waals surface area (Å²) >= 11 is 0. The lowest BCUT2D eigenvalue weighted by Gasteiger charge is -2.43. The highest BCUT2D eigenvalue weighted by Crippen LogP contribution is 2.37. The zero-order valence-corrected chi connectivity index (χ0v) is 36.4. The van der Waals surface area contributed by atoms with E-state index in [0.29, 0.717) is 49.7 Å². The number of ether oxygens (including phenoxy) is 2. The minimum atomic E-state index is -2.52. The number of esters is 1. The van der Waals surface area contributed by atoms with Crippen molar-refractivity contribution in [2.75, 3.05) is 6.54 Å². The first-order valence-electron chi connectivity index (χ1n) is 21.7. The lowest BCUT2D eigenvalue weighted by atomic mass is 9.83. The molecule has 13 heteroatoms. The van der Waals surface area contributed by atoms with E-state index in [0.717, 1.165) is 5.57 Å². The van der Waals surface area contributed by atoms with Gasteiger partial charge in [-0.3, -0.25) is 9.59 Å². The van der Waals surface area contributed by atoms with E-state index in [2.05, 4.69) is 0 Å². The molecule has 0 unspecified atom stereocenters. The predicted molar refractivity (Wildman–Crippen MR) is 220 cm³/mol. The zero-order valence-electron chi connectivity index (χ0n) is 36.4. The molecule has 7 N–H and O–H groups in total. The molecule has 3 heterocycles. The number of fused-ring (bicyclic) bond motifs is 3. The van der Waals surface area contributed by atoms with Gasteiger partial charge in [-0.25, -0.2) is 4.79 Å². The van der Waals surface area contributed by atoms with Crippen LogP contribution in [0.2, 0.25) is 0 Å². The molecule has 3 aliphatic heterocycles. The van der Waals surface area contributed by atoms with Crippen LogP contribution in [0.1, 0.15) is 133 Å². The van der Waals surface area contributed by atoms with E-state index in [9.17, 15) is 50.1 Å². The quantitative estimate of drug-likeness (QED) is 0.120. The summed E-state index contributed by atoms with van der Waals surface area (Å²) in [7, 11) is 0. The number of hydrogen-bond donors (Lipinski definition) is 7. The smallest absolute Gasteiger partial charge is 0.329 e. The highest BCUT2D eigenvalue weighted by Gasteiger charge is 2.53. The number of aliphatic hydroxyl groups excluding tert-OH is 6. The molecular weight excluding hydrogens is 746 g/mol. The summed E-state index contributed by atoms with van der Waals surface area (Å²) in [5, 5.41) is 77.5. The molecule has 0 radical (unpaired) electrons. The topological polar surface area (TPSA) is 215 Å². The van der Waals surface area contributed by atoms with E-state index in [1.165, 1.54) is 4.90 Å². The van der Waals surface area contributed by atoms with Gasteiger partial charge in [-0.05, 0) is 107 Å². The maximum atomic E-state index is 14.1. The van der Waals surface area contributed by atoms with Crippen molar-refractivity contribution in [1.82, 2.24) is 4.90 Å². The molecular formula is C45H75NO12. The fraction of sp³-hybridized carbons (Fsp3) is 0.800. The second kappa shape index (κ2) is 22.4. The van der Waals surface area contributed by atoms with Crippen molar-refractivity contribution < 1.29 is 59.6 Å². The molecule has 0 spiro atoms. The SMILES string of the molecule is CC/C1=C\C[C@H](/C(C)=C/[C@H](C)[C@H](C)O)OC(=O)[C@@H]2CCCCN2C(=O)C(=O)[C@@]2(O)O[C@H](CC[C@H]2C)C[C@@H](O)[C@H](C)[C@H](O)C[C@H](O)C[C@H](O)/C(C)=C/[C@@H](C)C[C@@H](C)[C@H]1O. The lowest BCUT2D eigenvalue weighted by Crippen LogP contribution is -2.61. The van der Waals surface area contributed by atoms with Crippen LogP contribution in [0.15, 0.2) is 34.9 Å². The number of ketones is 1. The molecule has 332 valence electrons. The Morgan fingerprint density at radius 1 is 0.948 bits per heavy atom. The van der Waals surface area contributed by atoms with Crippen LogP contribution < -0.4 is 0 Å². The Labute approximate surface area is 346 Å². The first-order chi connectivity index (χ1) is 27.1. The third-order valence-corrected chi connectivity index (χ3v) is 13.0. The van der Waals surface area contributed by atoms with Gasteiger partial charge in [-0.2, -0.15) is 0 Å². The largest absolute Gasteiger partial charge is 0.456 e. The second-order valence-corrected chi connectivity index (χ2v) is 18.0. The molecule has 0 aromatic rings. The number of carbonyl (C=O) groups excluding carboxylic acids is 3. The summed E-state index contributed by atoms with van der Waals surface area (Å²) in [5.41, 5.74) is 2.08. The fourth-order valence-corrected chi connectivity index (χ4v) is 8.63. The Bertz CT molecular complexity index is 1460. The predicted octanol–water partition coefficient (Wildman–Crippen LogP) is 4.27. The highest BCUT2D eigenvalue weighted by atomic mass is 16.6. The maximum absolute atomic E-state index is 14.1. The van der Waals surface area contributed by atoms with Crippen molar-refractivity contribution in [3.63, 3.8) is 0 Å². The Hall–Kier alpha value is -2.49. The molecule has 0 aromatic carbocycles. The molecule has 2 saturated heterocycles. The third kappa shape index (κ3) is 13.3. The third-order valence-electron chi connectivity index (χ3n) is 13.0. The first kappa shape index (κ1) is 49.9. The summed E-state index contributed by atoms with van der Waals surface area (Å²) in [6, 6.07) is -1.10. The van der Waals surface area contributed by atoms with E-state index >= 15 is 0 Å². The number of allylic oxidation sites excluding steroid dienone is 1. The summed E-state index contributed by atoms with van der Waals surface area (Å²) in [6.07, 6.45) is 1.31. The van der Waals surface area contributed by atoms with Crippen LogP contribution in [0.25, 0.3) is 0 Å². The van der Waals surface area contributed by atoms with Gasteiger partial charge >= 0.3 is 5.97 Å². The molecule has 0 saturated carbocycles. The van der Waals surface area contributed by atoms with Crippen LogP contribution in [-0.2, 0) is 23.9 Å². The first-order valence-corrected chi connectivity index (χ1v) is 21.7. The van der Waals surface area contributed by atoms with E-state index in [1.807, 2.05) is 45.9 Å². The van der Waals surface area contributed by atoms with Gasteiger partial charge in [-0.15, -0.1) is 0 Å². The van der Waals surface area contributed by atoms with Crippen LogP contribution in [0.4, 0.5) is 0 Å². The van der Waals surface area contributed by atoms with E-state index in [4.69, 9.17) is 9.47 Å². The molecule has 0 aliphatic carbocycles. The molecule has 3 rings (SSSR count). The van der Waals surface area contributed by atoms with Crippen molar-refractivity contribution in [2.45, 2.75) is 194 Å². The molecule has 2 bridgehead atoms. The molecule has 58 heavy (non-hydrogen) atoms. The standard InChI is InChI=1S/C45H75NO12/c1-10-33-15-17-40(28(5)21-26(3)32(9)47)57-44(55)36-13-11-12-18-46(36)43(54)42(53)45(56)30(7)14-16-35(58-45)24-39(51)31(8)38(50)23-34(48)22-37(49)27(4)19-25(2)20-29(6)41(33)52/h15,19,21,25-26,29-32,34-41,47-52,56H,10-14,16-18,20,22-24H2,1-9H3/b27-19+,28-21+,33-15+/t25-,26+,29-,30-,31-,32+,34-,35-,36+,37+,38-,39-,40-,41-,45+/m1/s1. The summed E-state index contributed by atoms with van der Waals surface area (Å²) in [5.74, 6) is -7.51. The van der Waals surface area contributed by atoms with Gasteiger partial charge in [0.1, 0.15) is 12.1 Å². The van der Waals surface area contributed by atoms with Gasteiger partial charge in [0.15, 0.2) is 0 Å². The Morgan fingerprint density at radius 2 is 1.60 bits per heavy atom. The van der Waals surface area contributed by atoms with Gasteiger partial charge in [-0.1, -0.05) is 59.8 Å². The van der Waals surface area contributed by atoms with Gasteiger partial charge < -0.3 is 50.1 Å². The number of rotatable bonds is 4. The van der Waals surface area contributed by atoms with Gasteiger partial charge in [0.2, 0.25) is 5.79 Å². The lowest BCUT2D eigenvalue weighted by molar-refractivity contribution is -0.266. The Kier molecular flexibility index (Phi) is 19.2. The number of carbonyl (C=O) groups is 3. The van der Waals surface area contributed by atoms with Crippen molar-refractivity contribution in [3.05, 3.63) is 34.9 Å². The minimum Gasteiger partial charge on any atom is -0.456 e. The van der Waals surface area contributed by atoms with E-state index in [-0.39, 0.29) is 56.4 Å². The van der Waals surface area contributed by atoms with E-state index in [1.54, 1.807) is 34.6 Å². The Balaban J connectivity index is 2.04. The number of cyclic esters (lactones) is 1. The number of Topliss-reactive ketones (excluding diaryl/α,β-unsaturated/α-hetero) is 1. The van der Waals surface area contributed by atoms with Gasteiger partial charge in [0, 0.05) is 37.1 Å². The number of amides is 1. The van der Waals surface area contributed by atoms with Crippen molar-refractivity contribution >= 4 is 17.7 Å². The van der Waals surface area contributed by atoms with Crippen LogP contribution in [0, 0.1) is 29.6 Å². The number of hydrogen-bond acceptors (Lipinski definition) is 12. The van der Waals surface area contributed by atoms with E-state index < -0.39 is 90.2 Å². The summed E-state index contributed by atoms with van der Waals surface area (Å²) in [4.78, 5) is 43.3. The minimum absolute atomic E-state index is 0.0316. The van der Waals surface area contributed by atoms with Crippen LogP contribution in [-0.4, -0.2) is 126 Å². The Morgan fingerprint density at radius 3 is 2.24 bits per heavy atom.